The van der Waals surface area contributed by atoms with E-state index in [2.05, 4.69) is 25.8 Å². The Morgan fingerprint density at radius 1 is 1.28 bits per heavy atom. The lowest BCUT2D eigenvalue weighted by Crippen LogP contribution is -2.15. The maximum Gasteiger partial charge on any atom is 0.148 e. The Morgan fingerprint density at radius 3 is 2.72 bits per heavy atom. The second kappa shape index (κ2) is 5.46. The van der Waals surface area contributed by atoms with E-state index in [0.29, 0.717) is 5.82 Å². The van der Waals surface area contributed by atoms with Crippen molar-refractivity contribution in [2.24, 2.45) is 5.84 Å². The van der Waals surface area contributed by atoms with Crippen molar-refractivity contribution >= 4 is 11.6 Å². The second-order valence-corrected chi connectivity index (χ2v) is 4.05. The number of nitrogens with two attached hydrogens (primary N) is 1. The molecule has 18 heavy (non-hydrogen) atoms. The molecule has 96 valence electrons. The van der Waals surface area contributed by atoms with Crippen molar-refractivity contribution in [3.05, 3.63) is 29.8 Å². The molecule has 7 nitrogen and oxygen atoms in total. The van der Waals surface area contributed by atoms with Crippen LogP contribution in [0.25, 0.3) is 0 Å². The summed E-state index contributed by atoms with van der Waals surface area (Å²) in [5, 5.41) is 7.45. The summed E-state index contributed by atoms with van der Waals surface area (Å²) in [5.41, 5.74) is 4.59. The van der Waals surface area contributed by atoms with Crippen LogP contribution in [0.5, 0.6) is 0 Å². The quantitative estimate of drug-likeness (QED) is 0.531. The fraction of sp³-hybridized carbons (Fsp3) is 0.364. The Balaban J connectivity index is 1.94. The highest BCUT2D eigenvalue weighted by Gasteiger charge is 2.04. The first kappa shape index (κ1) is 12.3. The van der Waals surface area contributed by atoms with E-state index >= 15 is 0 Å². The molecule has 2 aromatic heterocycles. The molecule has 4 N–H and O–H groups in total. The summed E-state index contributed by atoms with van der Waals surface area (Å²) >= 11 is 0. The number of nitrogens with one attached hydrogen (secondary N) is 2. The number of hydrogen-bond acceptors (Lipinski definition) is 6. The molecule has 0 spiro atoms. The lowest BCUT2D eigenvalue weighted by atomic mass is 10.3. The molecule has 7 heteroatoms. The topological polar surface area (TPSA) is 93.7 Å². The standard InChI is InChI=1S/C11H17N7/c1-8-5-16-18(6-8)4-3-13-10-9(2)11(17-12)15-7-14-10/h5-7H,3-4,12H2,1-2H3,(H2,13,14,15,17). The molecule has 0 saturated heterocycles. The molecule has 0 unspecified atom stereocenters. The zero-order chi connectivity index (χ0) is 13.0. The smallest absolute Gasteiger partial charge is 0.148 e. The number of hydrazine groups is 1. The molecule has 0 bridgehead atoms. The first-order chi connectivity index (χ1) is 8.70. The largest absolute Gasteiger partial charge is 0.368 e. The van der Waals surface area contributed by atoms with Gasteiger partial charge in [0.05, 0.1) is 12.7 Å². The Hall–Kier alpha value is -2.15. The van der Waals surface area contributed by atoms with Gasteiger partial charge in [-0.1, -0.05) is 0 Å². The first-order valence-corrected chi connectivity index (χ1v) is 5.72. The molecule has 0 aliphatic rings. The maximum absolute atomic E-state index is 5.36. The van der Waals surface area contributed by atoms with Crippen molar-refractivity contribution in [2.45, 2.75) is 20.4 Å². The van der Waals surface area contributed by atoms with Gasteiger partial charge >= 0.3 is 0 Å². The number of rotatable bonds is 5. The van der Waals surface area contributed by atoms with Crippen molar-refractivity contribution in [1.82, 2.24) is 19.7 Å². The van der Waals surface area contributed by atoms with E-state index in [0.717, 1.165) is 30.0 Å². The van der Waals surface area contributed by atoms with Gasteiger partial charge in [-0.15, -0.1) is 0 Å². The summed E-state index contributed by atoms with van der Waals surface area (Å²) in [4.78, 5) is 8.20. The molecule has 2 rings (SSSR count). The number of anilines is 2. The van der Waals surface area contributed by atoms with Crippen LogP contribution in [0.2, 0.25) is 0 Å². The Morgan fingerprint density at radius 2 is 2.06 bits per heavy atom. The molecule has 0 atom stereocenters. The van der Waals surface area contributed by atoms with E-state index in [1.165, 1.54) is 6.33 Å². The lowest BCUT2D eigenvalue weighted by Gasteiger charge is -2.10. The number of aromatic nitrogens is 4. The van der Waals surface area contributed by atoms with Crippen LogP contribution in [-0.2, 0) is 6.54 Å². The van der Waals surface area contributed by atoms with Crippen molar-refractivity contribution < 1.29 is 0 Å². The zero-order valence-corrected chi connectivity index (χ0v) is 10.5. The highest BCUT2D eigenvalue weighted by molar-refractivity contribution is 5.55. The van der Waals surface area contributed by atoms with Crippen LogP contribution in [0.1, 0.15) is 11.1 Å². The second-order valence-electron chi connectivity index (χ2n) is 4.05. The molecule has 2 aromatic rings. The molecule has 0 radical (unpaired) electrons. The van der Waals surface area contributed by atoms with Crippen molar-refractivity contribution in [2.75, 3.05) is 17.3 Å². The van der Waals surface area contributed by atoms with E-state index in [4.69, 9.17) is 5.84 Å². The molecule has 0 amide bonds. The molecular weight excluding hydrogens is 230 g/mol. The van der Waals surface area contributed by atoms with Gasteiger partial charge in [-0.25, -0.2) is 15.8 Å². The van der Waals surface area contributed by atoms with E-state index in [1.807, 2.05) is 30.9 Å². The predicted molar refractivity (Wildman–Crippen MR) is 70.0 cm³/mol. The summed E-state index contributed by atoms with van der Waals surface area (Å²) in [6.45, 7) is 5.45. The van der Waals surface area contributed by atoms with Crippen molar-refractivity contribution in [1.29, 1.82) is 0 Å². The molecular formula is C11H17N7. The molecule has 0 aliphatic carbocycles. The summed E-state index contributed by atoms with van der Waals surface area (Å²) in [7, 11) is 0. The minimum atomic E-state index is 0.627. The van der Waals surface area contributed by atoms with Crippen LogP contribution < -0.4 is 16.6 Å². The number of hydrogen-bond donors (Lipinski definition) is 3. The van der Waals surface area contributed by atoms with E-state index in [-0.39, 0.29) is 0 Å². The zero-order valence-electron chi connectivity index (χ0n) is 10.5. The van der Waals surface area contributed by atoms with Gasteiger partial charge in [0.25, 0.3) is 0 Å². The monoisotopic (exact) mass is 247 g/mol. The van der Waals surface area contributed by atoms with E-state index in [1.54, 1.807) is 0 Å². The number of aryl methyl sites for hydroxylation is 1. The first-order valence-electron chi connectivity index (χ1n) is 5.72. The number of nitrogen functional groups attached to an aromatic ring is 1. The van der Waals surface area contributed by atoms with Crippen LogP contribution in [0.15, 0.2) is 18.7 Å². The van der Waals surface area contributed by atoms with Gasteiger partial charge in [0.2, 0.25) is 0 Å². The minimum absolute atomic E-state index is 0.627. The molecule has 0 aromatic carbocycles. The van der Waals surface area contributed by atoms with Crippen LogP contribution >= 0.6 is 0 Å². The average molecular weight is 247 g/mol. The van der Waals surface area contributed by atoms with Crippen LogP contribution in [0.3, 0.4) is 0 Å². The van der Waals surface area contributed by atoms with Gasteiger partial charge in [0.15, 0.2) is 0 Å². The third kappa shape index (κ3) is 2.75. The fourth-order valence-electron chi connectivity index (χ4n) is 1.65. The molecule has 2 heterocycles. The van der Waals surface area contributed by atoms with Crippen LogP contribution in [0.4, 0.5) is 11.6 Å². The van der Waals surface area contributed by atoms with Crippen LogP contribution in [0, 0.1) is 13.8 Å². The van der Waals surface area contributed by atoms with Crippen molar-refractivity contribution in [3.63, 3.8) is 0 Å². The lowest BCUT2D eigenvalue weighted by molar-refractivity contribution is 0.636. The van der Waals surface area contributed by atoms with Crippen LogP contribution in [-0.4, -0.2) is 26.3 Å². The van der Waals surface area contributed by atoms with Gasteiger partial charge in [-0.3, -0.25) is 4.68 Å². The summed E-state index contributed by atoms with van der Waals surface area (Å²) < 4.78 is 1.89. The van der Waals surface area contributed by atoms with Gasteiger partial charge in [-0.2, -0.15) is 5.10 Å². The van der Waals surface area contributed by atoms with Gasteiger partial charge < -0.3 is 10.7 Å². The molecule has 0 saturated carbocycles. The highest BCUT2D eigenvalue weighted by Crippen LogP contribution is 2.16. The molecule has 0 fully saturated rings. The Labute approximate surface area is 105 Å². The maximum atomic E-state index is 5.36. The SMILES string of the molecule is Cc1cnn(CCNc2ncnc(NN)c2C)c1. The van der Waals surface area contributed by atoms with Gasteiger partial charge in [-0.05, 0) is 19.4 Å². The summed E-state index contributed by atoms with van der Waals surface area (Å²) in [6, 6.07) is 0. The Kier molecular flexibility index (Phi) is 3.73. The third-order valence-electron chi connectivity index (χ3n) is 2.62. The predicted octanol–water partition coefficient (Wildman–Crippen LogP) is 0.688. The van der Waals surface area contributed by atoms with Gasteiger partial charge in [0.1, 0.15) is 18.0 Å². The van der Waals surface area contributed by atoms with Gasteiger partial charge in [0, 0.05) is 18.3 Å². The average Bonchev–Trinajstić information content (AvgIpc) is 2.77. The fourth-order valence-corrected chi connectivity index (χ4v) is 1.65. The van der Waals surface area contributed by atoms with E-state index in [9.17, 15) is 0 Å². The van der Waals surface area contributed by atoms with E-state index < -0.39 is 0 Å². The molecule has 0 aliphatic heterocycles. The summed E-state index contributed by atoms with van der Waals surface area (Å²) in [6.07, 6.45) is 5.32. The highest BCUT2D eigenvalue weighted by atomic mass is 15.3. The Bertz CT molecular complexity index is 520. The minimum Gasteiger partial charge on any atom is -0.368 e. The summed E-state index contributed by atoms with van der Waals surface area (Å²) in [5.74, 6) is 6.77. The van der Waals surface area contributed by atoms with Crippen molar-refractivity contribution in [3.8, 4) is 0 Å². The number of nitrogens with zero attached hydrogens (tertiary/aromatic N) is 4. The normalized spacial score (nSPS) is 10.4. The third-order valence-corrected chi connectivity index (χ3v) is 2.62.